The summed E-state index contributed by atoms with van der Waals surface area (Å²) >= 11 is 0. The number of hydrogen-bond acceptors (Lipinski definition) is 5. The van der Waals surface area contributed by atoms with E-state index >= 15 is 0 Å². The Morgan fingerprint density at radius 3 is 1.25 bits per heavy atom. The van der Waals surface area contributed by atoms with Crippen molar-refractivity contribution in [2.24, 2.45) is 0 Å². The van der Waals surface area contributed by atoms with Crippen molar-refractivity contribution < 1.29 is 48.9 Å². The predicted molar refractivity (Wildman–Crippen MR) is 59.9 cm³/mol. The first-order valence-electron chi connectivity index (χ1n) is 5.26. The monoisotopic (exact) mass is 292 g/mol. The normalized spacial score (nSPS) is 12.4. The van der Waals surface area contributed by atoms with E-state index in [0.29, 0.717) is 0 Å². The van der Waals surface area contributed by atoms with E-state index in [-0.39, 0.29) is 0 Å². The number of carboxylic acid groups (broad SMARTS) is 4. The van der Waals surface area contributed by atoms with Crippen LogP contribution in [0.2, 0.25) is 0 Å². The molecule has 0 amide bonds. The number of carbonyl (C=O) groups is 5. The Kier molecular flexibility index (Phi) is 5.79. The van der Waals surface area contributed by atoms with Crippen LogP contribution in [-0.2, 0) is 24.0 Å². The lowest BCUT2D eigenvalue weighted by atomic mass is 10.1. The van der Waals surface area contributed by atoms with Crippen LogP contribution in [0.1, 0.15) is 6.92 Å². The van der Waals surface area contributed by atoms with Gasteiger partial charge in [-0.15, -0.1) is 0 Å². The molecular weight excluding hydrogens is 278 g/mol. The van der Waals surface area contributed by atoms with Crippen molar-refractivity contribution in [3.05, 3.63) is 0 Å². The second kappa shape index (κ2) is 6.61. The lowest BCUT2D eigenvalue weighted by molar-refractivity contribution is -0.914. The predicted octanol–water partition coefficient (Wildman–Crippen LogP) is -1.90. The van der Waals surface area contributed by atoms with Gasteiger partial charge in [0.05, 0.1) is 0 Å². The largest absolute Gasteiger partial charge is 0.477 e. The SMILES string of the molecule is CC(=O)C(C(=O)O)[N+](CC(=O)O)(CC(=O)O)CC(=O)O. The summed E-state index contributed by atoms with van der Waals surface area (Å²) in [6.45, 7) is -2.52. The number of carboxylic acids is 4. The van der Waals surface area contributed by atoms with Gasteiger partial charge in [-0.25, -0.2) is 19.2 Å². The van der Waals surface area contributed by atoms with Gasteiger partial charge in [-0.3, -0.25) is 9.28 Å². The van der Waals surface area contributed by atoms with Crippen LogP contribution in [0.5, 0.6) is 0 Å². The highest BCUT2D eigenvalue weighted by atomic mass is 16.4. The third-order valence-corrected chi connectivity index (χ3v) is 2.52. The molecule has 0 heterocycles. The Morgan fingerprint density at radius 2 is 1.10 bits per heavy atom. The number of ketones is 1. The molecule has 0 bridgehead atoms. The molecule has 0 radical (unpaired) electrons. The topological polar surface area (TPSA) is 166 Å². The van der Waals surface area contributed by atoms with Crippen LogP contribution in [-0.4, -0.2) is 80.2 Å². The minimum Gasteiger partial charge on any atom is -0.477 e. The maximum absolute atomic E-state index is 11.4. The zero-order valence-corrected chi connectivity index (χ0v) is 10.5. The molecule has 0 aromatic rings. The van der Waals surface area contributed by atoms with Crippen molar-refractivity contribution >= 4 is 29.7 Å². The van der Waals surface area contributed by atoms with Crippen LogP contribution < -0.4 is 0 Å². The van der Waals surface area contributed by atoms with Crippen LogP contribution >= 0.6 is 0 Å². The van der Waals surface area contributed by atoms with E-state index in [9.17, 15) is 24.0 Å². The summed E-state index contributed by atoms with van der Waals surface area (Å²) in [6, 6.07) is -2.08. The zero-order valence-electron chi connectivity index (χ0n) is 10.5. The van der Waals surface area contributed by atoms with Crippen molar-refractivity contribution in [1.82, 2.24) is 0 Å². The molecule has 0 saturated heterocycles. The maximum Gasteiger partial charge on any atom is 0.370 e. The molecule has 0 rings (SSSR count). The molecule has 20 heavy (non-hydrogen) atoms. The van der Waals surface area contributed by atoms with E-state index in [1.165, 1.54) is 0 Å². The van der Waals surface area contributed by atoms with Crippen molar-refractivity contribution in [1.29, 1.82) is 0 Å². The fourth-order valence-electron chi connectivity index (χ4n) is 2.04. The Hall–Kier alpha value is -2.49. The van der Waals surface area contributed by atoms with Gasteiger partial charge in [0, 0.05) is 6.92 Å². The molecule has 0 aromatic heterocycles. The van der Waals surface area contributed by atoms with Gasteiger partial charge in [0.1, 0.15) is 0 Å². The molecule has 0 fully saturated rings. The highest BCUT2D eigenvalue weighted by Crippen LogP contribution is 2.16. The molecule has 4 N–H and O–H groups in total. The molecule has 0 aliphatic heterocycles. The third-order valence-electron chi connectivity index (χ3n) is 2.52. The van der Waals surface area contributed by atoms with Crippen LogP contribution in [0.4, 0.5) is 0 Å². The van der Waals surface area contributed by atoms with Gasteiger partial charge in [-0.2, -0.15) is 0 Å². The van der Waals surface area contributed by atoms with Crippen LogP contribution in [0.25, 0.3) is 0 Å². The van der Waals surface area contributed by atoms with Gasteiger partial charge >= 0.3 is 23.9 Å². The second-order valence-electron chi connectivity index (χ2n) is 4.23. The van der Waals surface area contributed by atoms with Gasteiger partial charge in [-0.1, -0.05) is 0 Å². The Balaban J connectivity index is 5.95. The van der Waals surface area contributed by atoms with Crippen molar-refractivity contribution in [3.8, 4) is 0 Å². The summed E-state index contributed by atoms with van der Waals surface area (Å²) in [5.74, 6) is -7.64. The van der Waals surface area contributed by atoms with E-state index in [1.807, 2.05) is 0 Å². The van der Waals surface area contributed by atoms with E-state index < -0.39 is 59.8 Å². The summed E-state index contributed by atoms with van der Waals surface area (Å²) in [6.07, 6.45) is 0. The smallest absolute Gasteiger partial charge is 0.370 e. The minimum atomic E-state index is -2.08. The van der Waals surface area contributed by atoms with E-state index in [2.05, 4.69) is 0 Å². The quantitative estimate of drug-likeness (QED) is 0.280. The highest BCUT2D eigenvalue weighted by Gasteiger charge is 2.49. The number of rotatable bonds is 9. The van der Waals surface area contributed by atoms with Crippen LogP contribution in [0.15, 0.2) is 0 Å². The van der Waals surface area contributed by atoms with Gasteiger partial charge in [0.15, 0.2) is 25.4 Å². The van der Waals surface area contributed by atoms with Gasteiger partial charge in [0.2, 0.25) is 6.04 Å². The summed E-state index contributed by atoms with van der Waals surface area (Å²) in [5.41, 5.74) is 0. The number of quaternary nitrogens is 1. The maximum atomic E-state index is 11.4. The van der Waals surface area contributed by atoms with Crippen molar-refractivity contribution in [3.63, 3.8) is 0 Å². The first-order chi connectivity index (χ1) is 9.01. The highest BCUT2D eigenvalue weighted by molar-refractivity contribution is 6.00. The number of carbonyl (C=O) groups excluding carboxylic acids is 1. The summed E-state index contributed by atoms with van der Waals surface area (Å²) < 4.78 is -1.43. The lowest BCUT2D eigenvalue weighted by Gasteiger charge is -2.37. The van der Waals surface area contributed by atoms with E-state index in [0.717, 1.165) is 6.92 Å². The minimum absolute atomic E-state index is 0.831. The van der Waals surface area contributed by atoms with Gasteiger partial charge in [-0.05, 0) is 0 Å². The molecule has 0 saturated carbocycles. The first-order valence-corrected chi connectivity index (χ1v) is 5.26. The number of nitrogens with zero attached hydrogens (tertiary/aromatic N) is 1. The number of aliphatic carboxylic acids is 4. The molecule has 1 unspecified atom stereocenters. The summed E-state index contributed by atoms with van der Waals surface area (Å²) in [7, 11) is 0. The average molecular weight is 292 g/mol. The Bertz CT molecular complexity index is 401. The molecule has 10 heteroatoms. The molecule has 0 aliphatic carbocycles. The van der Waals surface area contributed by atoms with Gasteiger partial charge < -0.3 is 20.4 Å². The molecule has 0 aliphatic rings. The van der Waals surface area contributed by atoms with Crippen molar-refractivity contribution in [2.75, 3.05) is 19.6 Å². The molecule has 0 aromatic carbocycles. The molecule has 112 valence electrons. The summed E-state index contributed by atoms with van der Waals surface area (Å²) in [5, 5.41) is 35.3. The number of Topliss-reactive ketones (excluding diaryl/α,β-unsaturated/α-hetero) is 1. The number of hydrogen-bond donors (Lipinski definition) is 4. The van der Waals surface area contributed by atoms with Crippen LogP contribution in [0.3, 0.4) is 0 Å². The van der Waals surface area contributed by atoms with Gasteiger partial charge in [0.25, 0.3) is 0 Å². The lowest BCUT2D eigenvalue weighted by Crippen LogP contribution is -2.66. The standard InChI is InChI=1S/C10H13NO9/c1-5(12)9(10(19)20)11(2-6(13)14,3-7(15)16)4-8(17)18/h9H,2-4H2,1H3,(H3-,13,14,15,16,17,18,19,20)/p+1. The fourth-order valence-corrected chi connectivity index (χ4v) is 2.04. The zero-order chi connectivity index (χ0) is 16.1. The average Bonchev–Trinajstić information content (AvgIpc) is 2.10. The molecule has 0 spiro atoms. The van der Waals surface area contributed by atoms with E-state index in [4.69, 9.17) is 20.4 Å². The Labute approximate surface area is 112 Å². The molecule has 10 nitrogen and oxygen atoms in total. The summed E-state index contributed by atoms with van der Waals surface area (Å²) in [4.78, 5) is 55.0. The molecule has 1 atom stereocenters. The third kappa shape index (κ3) is 4.65. The van der Waals surface area contributed by atoms with Crippen LogP contribution in [0, 0.1) is 0 Å². The second-order valence-corrected chi connectivity index (χ2v) is 4.23. The Morgan fingerprint density at radius 1 is 0.800 bits per heavy atom. The fraction of sp³-hybridized carbons (Fsp3) is 0.500. The van der Waals surface area contributed by atoms with Crippen molar-refractivity contribution in [2.45, 2.75) is 13.0 Å². The molecular formula is C10H14NO9+. The first kappa shape index (κ1) is 17.5. The van der Waals surface area contributed by atoms with E-state index in [1.54, 1.807) is 0 Å².